The second kappa shape index (κ2) is 7.45. The van der Waals surface area contributed by atoms with Gasteiger partial charge in [-0.05, 0) is 18.2 Å². The molecule has 0 saturated carbocycles. The molecule has 118 valence electrons. The van der Waals surface area contributed by atoms with E-state index in [0.717, 1.165) is 11.3 Å². The lowest BCUT2D eigenvalue weighted by Crippen LogP contribution is -3.00. The summed E-state index contributed by atoms with van der Waals surface area (Å²) in [5.41, 5.74) is 2.05. The van der Waals surface area contributed by atoms with Gasteiger partial charge in [-0.2, -0.15) is 4.57 Å². The minimum absolute atomic E-state index is 0. The minimum Gasteiger partial charge on any atom is -1.00 e. The number of ether oxygens (including phenoxy) is 2. The van der Waals surface area contributed by atoms with Crippen LogP contribution in [0.1, 0.15) is 18.2 Å². The maximum Gasteiger partial charge on any atom is 0.253 e. The highest BCUT2D eigenvalue weighted by Crippen LogP contribution is 2.28. The Morgan fingerprint density at radius 3 is 2.50 bits per heavy atom. The van der Waals surface area contributed by atoms with Crippen LogP contribution in [0, 0.1) is 0 Å². The SMILES string of the molecule is CC1(c2cccc[n+]2Cc2ccc(Cl)c(Cl)c2)OCCO1.[I-]. The van der Waals surface area contributed by atoms with Crippen LogP contribution in [0.5, 0.6) is 0 Å². The van der Waals surface area contributed by atoms with Crippen molar-refractivity contribution in [3.63, 3.8) is 0 Å². The van der Waals surface area contributed by atoms with E-state index < -0.39 is 5.79 Å². The first kappa shape index (κ1) is 17.9. The summed E-state index contributed by atoms with van der Waals surface area (Å²) in [6, 6.07) is 11.6. The van der Waals surface area contributed by atoms with Gasteiger partial charge < -0.3 is 33.5 Å². The molecule has 1 aliphatic rings. The van der Waals surface area contributed by atoms with Crippen LogP contribution < -0.4 is 28.5 Å². The number of pyridine rings is 1. The highest BCUT2D eigenvalue weighted by molar-refractivity contribution is 6.42. The highest BCUT2D eigenvalue weighted by Gasteiger charge is 2.40. The Kier molecular flexibility index (Phi) is 6.07. The average molecular weight is 452 g/mol. The summed E-state index contributed by atoms with van der Waals surface area (Å²) in [5, 5.41) is 1.12. The van der Waals surface area contributed by atoms with E-state index in [1.807, 2.05) is 49.5 Å². The van der Waals surface area contributed by atoms with E-state index in [2.05, 4.69) is 4.57 Å². The van der Waals surface area contributed by atoms with Gasteiger partial charge in [0, 0.05) is 24.6 Å². The molecule has 0 bridgehead atoms. The Morgan fingerprint density at radius 1 is 1.09 bits per heavy atom. The molecule has 22 heavy (non-hydrogen) atoms. The van der Waals surface area contributed by atoms with Gasteiger partial charge in [-0.3, -0.25) is 0 Å². The molecule has 3 rings (SSSR count). The summed E-state index contributed by atoms with van der Waals surface area (Å²) >= 11 is 12.0. The van der Waals surface area contributed by atoms with Crippen LogP contribution >= 0.6 is 23.2 Å². The standard InChI is InChI=1S/C16H16Cl2NO2.HI/c1-16(20-8-9-21-16)15-4-2-3-7-19(15)11-12-5-6-13(17)14(18)10-12;/h2-7,10H,8-9,11H2,1H3;1H/q+1;/p-1. The number of hydrogen-bond acceptors (Lipinski definition) is 2. The summed E-state index contributed by atoms with van der Waals surface area (Å²) in [4.78, 5) is 0. The predicted molar refractivity (Wildman–Crippen MR) is 81.5 cm³/mol. The maximum atomic E-state index is 6.08. The Bertz CT molecular complexity index is 660. The van der Waals surface area contributed by atoms with Crippen LogP contribution in [0.3, 0.4) is 0 Å². The molecule has 0 N–H and O–H groups in total. The molecule has 0 amide bonds. The van der Waals surface area contributed by atoms with Crippen LogP contribution in [0.25, 0.3) is 0 Å². The van der Waals surface area contributed by atoms with E-state index in [-0.39, 0.29) is 24.0 Å². The molecule has 1 saturated heterocycles. The summed E-state index contributed by atoms with van der Waals surface area (Å²) in [6.07, 6.45) is 2.01. The lowest BCUT2D eigenvalue weighted by atomic mass is 10.1. The molecular formula is C16H16Cl2INO2. The number of aromatic nitrogens is 1. The molecule has 1 fully saturated rings. The van der Waals surface area contributed by atoms with Gasteiger partial charge in [0.15, 0.2) is 12.7 Å². The van der Waals surface area contributed by atoms with E-state index >= 15 is 0 Å². The van der Waals surface area contributed by atoms with Crippen molar-refractivity contribution < 1.29 is 38.0 Å². The van der Waals surface area contributed by atoms with Gasteiger partial charge >= 0.3 is 0 Å². The monoisotopic (exact) mass is 451 g/mol. The molecule has 1 aliphatic heterocycles. The topological polar surface area (TPSA) is 22.3 Å². The smallest absolute Gasteiger partial charge is 0.253 e. The summed E-state index contributed by atoms with van der Waals surface area (Å²) in [7, 11) is 0. The molecule has 1 aromatic heterocycles. The van der Waals surface area contributed by atoms with Gasteiger partial charge in [0.1, 0.15) is 0 Å². The Balaban J connectivity index is 0.00000176. The zero-order valence-corrected chi connectivity index (χ0v) is 15.7. The molecule has 2 aromatic rings. The predicted octanol–water partition coefficient (Wildman–Crippen LogP) is 0.553. The van der Waals surface area contributed by atoms with Crippen LogP contribution in [-0.2, 0) is 21.8 Å². The quantitative estimate of drug-likeness (QED) is 0.502. The van der Waals surface area contributed by atoms with Crippen molar-refractivity contribution in [2.24, 2.45) is 0 Å². The van der Waals surface area contributed by atoms with Crippen molar-refractivity contribution >= 4 is 23.2 Å². The van der Waals surface area contributed by atoms with E-state index in [9.17, 15) is 0 Å². The molecule has 0 atom stereocenters. The van der Waals surface area contributed by atoms with Crippen molar-refractivity contribution in [1.82, 2.24) is 0 Å². The van der Waals surface area contributed by atoms with Gasteiger partial charge in [0.05, 0.1) is 23.3 Å². The maximum absolute atomic E-state index is 6.08. The largest absolute Gasteiger partial charge is 1.00 e. The zero-order valence-electron chi connectivity index (χ0n) is 12.1. The number of rotatable bonds is 3. The van der Waals surface area contributed by atoms with E-state index in [1.54, 1.807) is 0 Å². The van der Waals surface area contributed by atoms with Crippen molar-refractivity contribution in [2.45, 2.75) is 19.3 Å². The third-order valence-electron chi connectivity index (χ3n) is 3.58. The van der Waals surface area contributed by atoms with Crippen molar-refractivity contribution in [2.75, 3.05) is 13.2 Å². The van der Waals surface area contributed by atoms with E-state index in [4.69, 9.17) is 32.7 Å². The lowest BCUT2D eigenvalue weighted by molar-refractivity contribution is -0.706. The number of hydrogen-bond donors (Lipinski definition) is 0. The molecule has 1 aromatic carbocycles. The zero-order chi connectivity index (χ0) is 14.9. The van der Waals surface area contributed by atoms with Crippen LogP contribution in [0.4, 0.5) is 0 Å². The first-order valence-corrected chi connectivity index (χ1v) is 7.55. The van der Waals surface area contributed by atoms with Crippen molar-refractivity contribution in [3.8, 4) is 0 Å². The molecule has 2 heterocycles. The van der Waals surface area contributed by atoms with Crippen LogP contribution in [0.15, 0.2) is 42.6 Å². The third kappa shape index (κ3) is 3.74. The van der Waals surface area contributed by atoms with Gasteiger partial charge in [-0.1, -0.05) is 29.3 Å². The fourth-order valence-electron chi connectivity index (χ4n) is 2.52. The molecule has 3 nitrogen and oxygen atoms in total. The Morgan fingerprint density at radius 2 is 1.82 bits per heavy atom. The lowest BCUT2D eigenvalue weighted by Gasteiger charge is -2.20. The number of halogens is 3. The van der Waals surface area contributed by atoms with Gasteiger partial charge in [0.25, 0.3) is 5.79 Å². The first-order chi connectivity index (χ1) is 10.1. The summed E-state index contributed by atoms with van der Waals surface area (Å²) in [6.45, 7) is 3.84. The van der Waals surface area contributed by atoms with Gasteiger partial charge in [-0.25, -0.2) is 0 Å². The van der Waals surface area contributed by atoms with Gasteiger partial charge in [-0.15, -0.1) is 0 Å². The third-order valence-corrected chi connectivity index (χ3v) is 4.32. The molecule has 0 unspecified atom stereocenters. The fraction of sp³-hybridized carbons (Fsp3) is 0.312. The fourth-order valence-corrected chi connectivity index (χ4v) is 2.84. The molecule has 6 heteroatoms. The van der Waals surface area contributed by atoms with E-state index in [0.29, 0.717) is 29.8 Å². The Labute approximate surface area is 157 Å². The normalized spacial score (nSPS) is 16.3. The molecule has 0 aliphatic carbocycles. The first-order valence-electron chi connectivity index (χ1n) is 6.79. The van der Waals surface area contributed by atoms with Gasteiger partial charge in [0.2, 0.25) is 5.69 Å². The molecule has 0 radical (unpaired) electrons. The summed E-state index contributed by atoms with van der Waals surface area (Å²) in [5.74, 6) is -0.697. The Hall–Kier alpha value is -0.400. The number of benzene rings is 1. The van der Waals surface area contributed by atoms with E-state index in [1.165, 1.54) is 0 Å². The van der Waals surface area contributed by atoms with Crippen molar-refractivity contribution in [3.05, 3.63) is 63.9 Å². The van der Waals surface area contributed by atoms with Crippen molar-refractivity contribution in [1.29, 1.82) is 0 Å². The minimum atomic E-state index is -0.697. The highest BCUT2D eigenvalue weighted by atomic mass is 127. The second-order valence-corrected chi connectivity index (χ2v) is 5.92. The molecule has 0 spiro atoms. The molecular weight excluding hydrogens is 436 g/mol. The summed E-state index contributed by atoms with van der Waals surface area (Å²) < 4.78 is 13.6. The van der Waals surface area contributed by atoms with Crippen LogP contribution in [0.2, 0.25) is 10.0 Å². The second-order valence-electron chi connectivity index (χ2n) is 5.10. The number of nitrogens with zero attached hydrogens (tertiary/aromatic N) is 1. The average Bonchev–Trinajstić information content (AvgIpc) is 2.91. The van der Waals surface area contributed by atoms with Crippen LogP contribution in [-0.4, -0.2) is 13.2 Å².